The van der Waals surface area contributed by atoms with Crippen molar-refractivity contribution in [3.63, 3.8) is 0 Å². The predicted octanol–water partition coefficient (Wildman–Crippen LogP) is 0.386. The normalized spacial score (nSPS) is 19.8. The monoisotopic (exact) mass is 225 g/mol. The van der Waals surface area contributed by atoms with Crippen LogP contribution in [0, 0.1) is 0 Å². The third-order valence-electron chi connectivity index (χ3n) is 2.46. The standard InChI is InChI=1S/C9H18F3N3/c1-14(8-9(10,11)12)6-7-15-4-2-13-3-5-15/h13H,2-8H2,1H3. The molecule has 90 valence electrons. The van der Waals surface area contributed by atoms with E-state index in [1.807, 2.05) is 0 Å². The molecule has 3 nitrogen and oxygen atoms in total. The Kier molecular flexibility index (Phi) is 4.82. The first-order valence-corrected chi connectivity index (χ1v) is 5.16. The Balaban J connectivity index is 2.12. The maximum atomic E-state index is 12.0. The Morgan fingerprint density at radius 3 is 2.40 bits per heavy atom. The summed E-state index contributed by atoms with van der Waals surface area (Å²) in [7, 11) is 1.51. The van der Waals surface area contributed by atoms with Crippen molar-refractivity contribution in [2.45, 2.75) is 6.18 Å². The van der Waals surface area contributed by atoms with Gasteiger partial charge in [-0.05, 0) is 7.05 Å². The molecule has 1 heterocycles. The van der Waals surface area contributed by atoms with Crippen molar-refractivity contribution in [2.24, 2.45) is 0 Å². The summed E-state index contributed by atoms with van der Waals surface area (Å²) in [6.45, 7) is 4.10. The number of nitrogens with zero attached hydrogens (tertiary/aromatic N) is 2. The number of rotatable bonds is 4. The molecule has 15 heavy (non-hydrogen) atoms. The highest BCUT2D eigenvalue weighted by Crippen LogP contribution is 2.15. The minimum atomic E-state index is -4.09. The fourth-order valence-electron chi connectivity index (χ4n) is 1.63. The molecule has 0 aromatic rings. The average Bonchev–Trinajstić information content (AvgIpc) is 2.14. The highest BCUT2D eigenvalue weighted by molar-refractivity contribution is 4.69. The van der Waals surface area contributed by atoms with E-state index in [0.717, 1.165) is 26.2 Å². The third kappa shape index (κ3) is 5.96. The van der Waals surface area contributed by atoms with E-state index >= 15 is 0 Å². The van der Waals surface area contributed by atoms with E-state index in [1.54, 1.807) is 0 Å². The van der Waals surface area contributed by atoms with Crippen molar-refractivity contribution in [1.82, 2.24) is 15.1 Å². The molecule has 0 saturated carbocycles. The quantitative estimate of drug-likeness (QED) is 0.746. The van der Waals surface area contributed by atoms with Gasteiger partial charge in [0.15, 0.2) is 0 Å². The highest BCUT2D eigenvalue weighted by atomic mass is 19.4. The Bertz CT molecular complexity index is 178. The summed E-state index contributed by atoms with van der Waals surface area (Å²) in [5.41, 5.74) is 0. The van der Waals surface area contributed by atoms with Crippen LogP contribution in [0.25, 0.3) is 0 Å². The van der Waals surface area contributed by atoms with Crippen molar-refractivity contribution in [3.05, 3.63) is 0 Å². The van der Waals surface area contributed by atoms with E-state index in [9.17, 15) is 13.2 Å². The molecule has 1 fully saturated rings. The van der Waals surface area contributed by atoms with E-state index in [0.29, 0.717) is 13.1 Å². The van der Waals surface area contributed by atoms with Gasteiger partial charge >= 0.3 is 6.18 Å². The van der Waals surface area contributed by atoms with Gasteiger partial charge in [0.2, 0.25) is 0 Å². The van der Waals surface area contributed by atoms with Crippen LogP contribution in [0.2, 0.25) is 0 Å². The fraction of sp³-hybridized carbons (Fsp3) is 1.00. The van der Waals surface area contributed by atoms with Gasteiger partial charge < -0.3 is 5.32 Å². The zero-order valence-electron chi connectivity index (χ0n) is 8.98. The molecule has 0 spiro atoms. The summed E-state index contributed by atoms with van der Waals surface area (Å²) in [6.07, 6.45) is -4.09. The largest absolute Gasteiger partial charge is 0.401 e. The van der Waals surface area contributed by atoms with Crippen LogP contribution in [-0.4, -0.2) is 68.8 Å². The fourth-order valence-corrected chi connectivity index (χ4v) is 1.63. The molecule has 0 atom stereocenters. The van der Waals surface area contributed by atoms with Crippen LogP contribution < -0.4 is 5.32 Å². The van der Waals surface area contributed by atoms with Gasteiger partial charge in [-0.25, -0.2) is 0 Å². The van der Waals surface area contributed by atoms with Crippen LogP contribution in [0.4, 0.5) is 13.2 Å². The number of hydrogen-bond donors (Lipinski definition) is 1. The average molecular weight is 225 g/mol. The highest BCUT2D eigenvalue weighted by Gasteiger charge is 2.29. The molecule has 6 heteroatoms. The van der Waals surface area contributed by atoms with Gasteiger partial charge in [-0.2, -0.15) is 13.2 Å². The van der Waals surface area contributed by atoms with Crippen LogP contribution in [0.15, 0.2) is 0 Å². The lowest BCUT2D eigenvalue weighted by atomic mass is 10.3. The molecule has 0 amide bonds. The van der Waals surface area contributed by atoms with Crippen LogP contribution in [0.5, 0.6) is 0 Å². The first kappa shape index (κ1) is 12.7. The van der Waals surface area contributed by atoms with Gasteiger partial charge in [-0.15, -0.1) is 0 Å². The minimum Gasteiger partial charge on any atom is -0.314 e. The third-order valence-corrected chi connectivity index (χ3v) is 2.46. The van der Waals surface area contributed by atoms with Crippen LogP contribution in [0.1, 0.15) is 0 Å². The van der Waals surface area contributed by atoms with E-state index in [1.165, 1.54) is 11.9 Å². The molecule has 0 aliphatic carbocycles. The second kappa shape index (κ2) is 5.67. The second-order valence-electron chi connectivity index (χ2n) is 3.94. The summed E-state index contributed by atoms with van der Waals surface area (Å²) in [6, 6.07) is 0. The van der Waals surface area contributed by atoms with Gasteiger partial charge in [0.1, 0.15) is 0 Å². The zero-order valence-corrected chi connectivity index (χ0v) is 8.98. The topological polar surface area (TPSA) is 18.5 Å². The molecular formula is C9H18F3N3. The summed E-state index contributed by atoms with van der Waals surface area (Å²) in [5.74, 6) is 0. The SMILES string of the molecule is CN(CCN1CCNCC1)CC(F)(F)F. The first-order valence-electron chi connectivity index (χ1n) is 5.16. The van der Waals surface area contributed by atoms with Crippen molar-refractivity contribution < 1.29 is 13.2 Å². The maximum Gasteiger partial charge on any atom is 0.401 e. The number of likely N-dealkylation sites (N-methyl/N-ethyl adjacent to an activating group) is 1. The summed E-state index contributed by atoms with van der Waals surface area (Å²) >= 11 is 0. The minimum absolute atomic E-state index is 0.472. The summed E-state index contributed by atoms with van der Waals surface area (Å²) < 4.78 is 36.0. The molecule has 1 aliphatic heterocycles. The van der Waals surface area contributed by atoms with Gasteiger partial charge in [0.05, 0.1) is 6.54 Å². The van der Waals surface area contributed by atoms with Gasteiger partial charge in [-0.1, -0.05) is 0 Å². The number of alkyl halides is 3. The number of hydrogen-bond acceptors (Lipinski definition) is 3. The van der Waals surface area contributed by atoms with Crippen LogP contribution >= 0.6 is 0 Å². The predicted molar refractivity (Wildman–Crippen MR) is 52.9 cm³/mol. The molecule has 0 radical (unpaired) electrons. The molecule has 1 aliphatic rings. The van der Waals surface area contributed by atoms with Gasteiger partial charge in [0.25, 0.3) is 0 Å². The van der Waals surface area contributed by atoms with E-state index in [-0.39, 0.29) is 0 Å². The Labute approximate surface area is 88.2 Å². The molecule has 1 N–H and O–H groups in total. The molecule has 0 bridgehead atoms. The Morgan fingerprint density at radius 1 is 1.27 bits per heavy atom. The van der Waals surface area contributed by atoms with E-state index in [2.05, 4.69) is 10.2 Å². The summed E-state index contributed by atoms with van der Waals surface area (Å²) in [5, 5.41) is 3.21. The van der Waals surface area contributed by atoms with Crippen molar-refractivity contribution >= 4 is 0 Å². The van der Waals surface area contributed by atoms with Crippen molar-refractivity contribution in [1.29, 1.82) is 0 Å². The number of piperazine rings is 1. The van der Waals surface area contributed by atoms with E-state index < -0.39 is 12.7 Å². The molecule has 0 aromatic heterocycles. The first-order chi connectivity index (χ1) is 6.97. The van der Waals surface area contributed by atoms with Gasteiger partial charge in [-0.3, -0.25) is 9.80 Å². The lowest BCUT2D eigenvalue weighted by Crippen LogP contribution is -2.46. The van der Waals surface area contributed by atoms with Crippen molar-refractivity contribution in [3.8, 4) is 0 Å². The Morgan fingerprint density at radius 2 is 1.87 bits per heavy atom. The van der Waals surface area contributed by atoms with E-state index in [4.69, 9.17) is 0 Å². The molecular weight excluding hydrogens is 207 g/mol. The Hall–Kier alpha value is -0.330. The zero-order chi connectivity index (χ0) is 11.3. The second-order valence-corrected chi connectivity index (χ2v) is 3.94. The summed E-state index contributed by atoms with van der Waals surface area (Å²) in [4.78, 5) is 3.51. The molecule has 0 aromatic carbocycles. The van der Waals surface area contributed by atoms with Crippen molar-refractivity contribution in [2.75, 3.05) is 52.9 Å². The smallest absolute Gasteiger partial charge is 0.314 e. The lowest BCUT2D eigenvalue weighted by molar-refractivity contribution is -0.143. The number of nitrogens with one attached hydrogen (secondary N) is 1. The molecule has 1 saturated heterocycles. The van der Waals surface area contributed by atoms with Gasteiger partial charge in [0, 0.05) is 39.3 Å². The van der Waals surface area contributed by atoms with Crippen LogP contribution in [-0.2, 0) is 0 Å². The number of halogens is 3. The molecule has 1 rings (SSSR count). The van der Waals surface area contributed by atoms with Crippen LogP contribution in [0.3, 0.4) is 0 Å². The maximum absolute atomic E-state index is 12.0. The lowest BCUT2D eigenvalue weighted by Gasteiger charge is -2.29. The molecule has 0 unspecified atom stereocenters.